The highest BCUT2D eigenvalue weighted by Crippen LogP contribution is 1.96. The molecule has 0 aliphatic carbocycles. The number of hydrogen-bond acceptors (Lipinski definition) is 2. The monoisotopic (exact) mass is 161 g/mol. The average molecular weight is 161 g/mol. The Bertz CT molecular complexity index is 72.5. The van der Waals surface area contributed by atoms with E-state index in [2.05, 4.69) is 5.32 Å². The van der Waals surface area contributed by atoms with Crippen LogP contribution in [-0.4, -0.2) is 32.3 Å². The molecule has 0 aromatic carbocycles. The van der Waals surface area contributed by atoms with Crippen molar-refractivity contribution < 1.29 is 10.1 Å². The first-order valence-electron chi connectivity index (χ1n) is 4.57. The molecule has 3 nitrogen and oxygen atoms in total. The molecule has 1 aliphatic rings. The summed E-state index contributed by atoms with van der Waals surface area (Å²) >= 11 is 0. The van der Waals surface area contributed by atoms with E-state index < -0.39 is 0 Å². The van der Waals surface area contributed by atoms with Gasteiger partial charge in [-0.15, -0.1) is 0 Å². The van der Waals surface area contributed by atoms with Crippen molar-refractivity contribution in [2.75, 3.05) is 26.2 Å². The smallest absolute Gasteiger partial charge is 0.112 e. The van der Waals surface area contributed by atoms with Crippen LogP contribution in [-0.2, 0) is 4.74 Å². The predicted octanol–water partition coefficient (Wildman–Crippen LogP) is -0.676. The van der Waals surface area contributed by atoms with Gasteiger partial charge in [0.25, 0.3) is 0 Å². The largest absolute Gasteiger partial charge is 0.371 e. The van der Waals surface area contributed by atoms with E-state index in [1.807, 2.05) is 13.8 Å². The van der Waals surface area contributed by atoms with E-state index in [0.29, 0.717) is 12.6 Å². The van der Waals surface area contributed by atoms with E-state index in [-0.39, 0.29) is 0 Å². The molecule has 0 amide bonds. The number of rotatable bonds is 3. The molecule has 0 saturated carbocycles. The molecule has 0 radical (unpaired) electrons. The van der Waals surface area contributed by atoms with Crippen molar-refractivity contribution in [2.24, 2.45) is 5.73 Å². The number of quaternary nitrogens is 1. The van der Waals surface area contributed by atoms with Gasteiger partial charge in [0, 0.05) is 13.0 Å². The summed E-state index contributed by atoms with van der Waals surface area (Å²) in [6, 6.07) is 0. The quantitative estimate of drug-likeness (QED) is 0.576. The normalized spacial score (nSPS) is 22.6. The standard InChI is InChI=1S/C6H14N2O.C2H6/c7-2-4-9-6-1-3-8-5-6;1-2/h6,8H,1-5,7H2;1-2H3/p+1. The van der Waals surface area contributed by atoms with Crippen LogP contribution in [0.3, 0.4) is 0 Å². The molecule has 0 aromatic heterocycles. The third-order valence-electron chi connectivity index (χ3n) is 1.59. The first-order valence-corrected chi connectivity index (χ1v) is 4.57. The SMILES string of the molecule is CC.NCCOC1CC[NH2+]C1. The Hall–Kier alpha value is -0.120. The Morgan fingerprint density at radius 1 is 1.55 bits per heavy atom. The maximum atomic E-state index is 5.40. The fourth-order valence-corrected chi connectivity index (χ4v) is 1.11. The van der Waals surface area contributed by atoms with Crippen molar-refractivity contribution >= 4 is 0 Å². The van der Waals surface area contributed by atoms with Crippen LogP contribution in [0, 0.1) is 0 Å². The Kier molecular flexibility index (Phi) is 7.89. The summed E-state index contributed by atoms with van der Waals surface area (Å²) in [5, 5.41) is 2.28. The summed E-state index contributed by atoms with van der Waals surface area (Å²) < 4.78 is 5.40. The summed E-state index contributed by atoms with van der Waals surface area (Å²) in [6.45, 7) is 7.71. The van der Waals surface area contributed by atoms with Gasteiger partial charge in [-0.05, 0) is 0 Å². The third kappa shape index (κ3) is 5.18. The number of hydrogen-bond donors (Lipinski definition) is 2. The molecule has 0 aromatic rings. The molecule has 3 heteroatoms. The van der Waals surface area contributed by atoms with Gasteiger partial charge in [0.05, 0.1) is 13.2 Å². The number of ether oxygens (including phenoxy) is 1. The van der Waals surface area contributed by atoms with Crippen molar-refractivity contribution in [1.29, 1.82) is 0 Å². The second kappa shape index (κ2) is 7.98. The summed E-state index contributed by atoms with van der Waals surface area (Å²) in [5.74, 6) is 0. The average Bonchev–Trinajstić information content (AvgIpc) is 2.57. The minimum absolute atomic E-state index is 0.480. The minimum atomic E-state index is 0.480. The molecule has 0 bridgehead atoms. The van der Waals surface area contributed by atoms with Gasteiger partial charge >= 0.3 is 0 Å². The van der Waals surface area contributed by atoms with E-state index in [0.717, 1.165) is 13.2 Å². The van der Waals surface area contributed by atoms with Gasteiger partial charge in [-0.1, -0.05) is 13.8 Å². The van der Waals surface area contributed by atoms with Gasteiger partial charge in [-0.2, -0.15) is 0 Å². The zero-order valence-corrected chi connectivity index (χ0v) is 7.68. The van der Waals surface area contributed by atoms with Crippen molar-refractivity contribution in [3.05, 3.63) is 0 Å². The van der Waals surface area contributed by atoms with Gasteiger partial charge in [0.15, 0.2) is 0 Å². The van der Waals surface area contributed by atoms with Gasteiger partial charge in [-0.25, -0.2) is 0 Å². The molecule has 1 saturated heterocycles. The van der Waals surface area contributed by atoms with E-state index in [4.69, 9.17) is 10.5 Å². The van der Waals surface area contributed by atoms with Crippen LogP contribution in [0.1, 0.15) is 20.3 Å². The topological polar surface area (TPSA) is 51.9 Å². The summed E-state index contributed by atoms with van der Waals surface area (Å²) in [7, 11) is 0. The Balaban J connectivity index is 0.000000461. The van der Waals surface area contributed by atoms with E-state index in [1.165, 1.54) is 13.0 Å². The second-order valence-corrected chi connectivity index (χ2v) is 2.38. The van der Waals surface area contributed by atoms with Crippen LogP contribution < -0.4 is 11.1 Å². The van der Waals surface area contributed by atoms with E-state index in [1.54, 1.807) is 0 Å². The molecule has 1 unspecified atom stereocenters. The first-order chi connectivity index (χ1) is 5.43. The first kappa shape index (κ1) is 10.9. The van der Waals surface area contributed by atoms with Crippen LogP contribution in [0.5, 0.6) is 0 Å². The minimum Gasteiger partial charge on any atom is -0.371 e. The lowest BCUT2D eigenvalue weighted by atomic mass is 10.3. The Morgan fingerprint density at radius 3 is 2.73 bits per heavy atom. The molecular weight excluding hydrogens is 140 g/mol. The van der Waals surface area contributed by atoms with Crippen LogP contribution >= 0.6 is 0 Å². The molecule has 1 atom stereocenters. The lowest BCUT2D eigenvalue weighted by Crippen LogP contribution is -2.81. The maximum absolute atomic E-state index is 5.40. The zero-order valence-electron chi connectivity index (χ0n) is 7.68. The Labute approximate surface area is 69.3 Å². The van der Waals surface area contributed by atoms with Crippen molar-refractivity contribution in [1.82, 2.24) is 0 Å². The highest BCUT2D eigenvalue weighted by Gasteiger charge is 2.17. The fourth-order valence-electron chi connectivity index (χ4n) is 1.11. The molecule has 1 heterocycles. The Morgan fingerprint density at radius 2 is 2.27 bits per heavy atom. The van der Waals surface area contributed by atoms with Crippen LogP contribution in [0.2, 0.25) is 0 Å². The molecule has 4 N–H and O–H groups in total. The predicted molar refractivity (Wildman–Crippen MR) is 46.4 cm³/mol. The van der Waals surface area contributed by atoms with Crippen molar-refractivity contribution in [2.45, 2.75) is 26.4 Å². The van der Waals surface area contributed by atoms with E-state index >= 15 is 0 Å². The van der Waals surface area contributed by atoms with Crippen molar-refractivity contribution in [3.63, 3.8) is 0 Å². The lowest BCUT2D eigenvalue weighted by Gasteiger charge is -2.05. The molecular formula is C8H21N2O+. The van der Waals surface area contributed by atoms with E-state index in [9.17, 15) is 0 Å². The highest BCUT2D eigenvalue weighted by molar-refractivity contribution is 4.58. The van der Waals surface area contributed by atoms with Crippen LogP contribution in [0.25, 0.3) is 0 Å². The number of nitrogens with two attached hydrogens (primary N) is 2. The van der Waals surface area contributed by atoms with Gasteiger partial charge < -0.3 is 15.8 Å². The summed E-state index contributed by atoms with van der Waals surface area (Å²) in [5.41, 5.74) is 5.27. The zero-order chi connectivity index (χ0) is 8.53. The van der Waals surface area contributed by atoms with Gasteiger partial charge in [-0.3, -0.25) is 0 Å². The van der Waals surface area contributed by atoms with Crippen molar-refractivity contribution in [3.8, 4) is 0 Å². The fraction of sp³-hybridized carbons (Fsp3) is 1.00. The van der Waals surface area contributed by atoms with Gasteiger partial charge in [0.2, 0.25) is 0 Å². The molecule has 68 valence electrons. The lowest BCUT2D eigenvalue weighted by molar-refractivity contribution is -0.638. The molecule has 11 heavy (non-hydrogen) atoms. The molecule has 1 aliphatic heterocycles. The third-order valence-corrected chi connectivity index (χ3v) is 1.59. The summed E-state index contributed by atoms with van der Waals surface area (Å²) in [4.78, 5) is 0. The maximum Gasteiger partial charge on any atom is 0.112 e. The molecule has 0 spiro atoms. The van der Waals surface area contributed by atoms with Crippen LogP contribution in [0.15, 0.2) is 0 Å². The second-order valence-electron chi connectivity index (χ2n) is 2.38. The molecule has 1 rings (SSSR count). The molecule has 1 fully saturated rings. The highest BCUT2D eigenvalue weighted by atomic mass is 16.5. The van der Waals surface area contributed by atoms with Crippen LogP contribution in [0.4, 0.5) is 0 Å². The summed E-state index contributed by atoms with van der Waals surface area (Å²) in [6.07, 6.45) is 1.67. The van der Waals surface area contributed by atoms with Gasteiger partial charge in [0.1, 0.15) is 12.6 Å².